The molecule has 5 heteroatoms. The Morgan fingerprint density at radius 3 is 2.60 bits per heavy atom. The minimum Gasteiger partial charge on any atom is -0.374 e. The van der Waals surface area contributed by atoms with Crippen molar-refractivity contribution in [2.75, 3.05) is 19.5 Å². The van der Waals surface area contributed by atoms with E-state index in [1.54, 1.807) is 7.11 Å². The van der Waals surface area contributed by atoms with Crippen LogP contribution >= 0.6 is 22.6 Å². The van der Waals surface area contributed by atoms with Crippen molar-refractivity contribution in [2.45, 2.75) is 26.4 Å². The van der Waals surface area contributed by atoms with Crippen LogP contribution in [0.2, 0.25) is 0 Å². The van der Waals surface area contributed by atoms with Gasteiger partial charge in [-0.2, -0.15) is 0 Å². The molecule has 0 bridgehead atoms. The van der Waals surface area contributed by atoms with Gasteiger partial charge in [-0.15, -0.1) is 0 Å². The van der Waals surface area contributed by atoms with Crippen molar-refractivity contribution in [3.8, 4) is 0 Å². The Morgan fingerprint density at radius 2 is 2.13 bits per heavy atom. The summed E-state index contributed by atoms with van der Waals surface area (Å²) in [5, 5.41) is 3.08. The highest BCUT2D eigenvalue weighted by Gasteiger charge is 2.14. The highest BCUT2D eigenvalue weighted by atomic mass is 127. The normalized spacial score (nSPS) is 12.6. The van der Waals surface area contributed by atoms with Crippen molar-refractivity contribution in [2.24, 2.45) is 0 Å². The maximum Gasteiger partial charge on any atom is 0.159 e. The minimum absolute atomic E-state index is 0.0700. The standard InChI is InChI=1S/C10H16IN3O/c1-5-7-8(11)10(12-3)14-9(13-7)6(2)15-4/h6H,5H2,1-4H3,(H,12,13,14). The van der Waals surface area contributed by atoms with Gasteiger partial charge in [-0.3, -0.25) is 0 Å². The van der Waals surface area contributed by atoms with Gasteiger partial charge in [-0.25, -0.2) is 9.97 Å². The van der Waals surface area contributed by atoms with Crippen LogP contribution in [0, 0.1) is 3.57 Å². The second-order valence-corrected chi connectivity index (χ2v) is 4.25. The number of nitrogens with one attached hydrogen (secondary N) is 1. The van der Waals surface area contributed by atoms with E-state index in [2.05, 4.69) is 44.8 Å². The van der Waals surface area contributed by atoms with Crippen molar-refractivity contribution < 1.29 is 4.74 Å². The van der Waals surface area contributed by atoms with Crippen molar-refractivity contribution >= 4 is 28.4 Å². The van der Waals surface area contributed by atoms with E-state index in [9.17, 15) is 0 Å². The highest BCUT2D eigenvalue weighted by Crippen LogP contribution is 2.22. The molecule has 0 aromatic carbocycles. The summed E-state index contributed by atoms with van der Waals surface area (Å²) in [7, 11) is 3.53. The van der Waals surface area contributed by atoms with Gasteiger partial charge in [0, 0.05) is 14.2 Å². The number of rotatable bonds is 4. The smallest absolute Gasteiger partial charge is 0.159 e. The molecule has 4 nitrogen and oxygen atoms in total. The molecule has 84 valence electrons. The topological polar surface area (TPSA) is 47.0 Å². The molecular formula is C10H16IN3O. The van der Waals surface area contributed by atoms with E-state index in [4.69, 9.17) is 4.74 Å². The fourth-order valence-corrected chi connectivity index (χ4v) is 2.09. The molecule has 0 saturated carbocycles. The summed E-state index contributed by atoms with van der Waals surface area (Å²) in [5.41, 5.74) is 1.06. The Balaban J connectivity index is 3.20. The van der Waals surface area contributed by atoms with E-state index >= 15 is 0 Å². The van der Waals surface area contributed by atoms with Gasteiger partial charge in [-0.1, -0.05) is 6.92 Å². The first-order chi connectivity index (χ1) is 7.13. The molecule has 0 aliphatic rings. The Kier molecular flexibility index (Phi) is 4.72. The van der Waals surface area contributed by atoms with Crippen LogP contribution in [-0.2, 0) is 11.2 Å². The van der Waals surface area contributed by atoms with Crippen molar-refractivity contribution in [1.82, 2.24) is 9.97 Å². The molecule has 0 amide bonds. The third-order valence-electron chi connectivity index (χ3n) is 2.23. The molecule has 1 rings (SSSR count). The summed E-state index contributed by atoms with van der Waals surface area (Å²) in [6.45, 7) is 4.03. The average Bonchev–Trinajstić information content (AvgIpc) is 2.28. The molecule has 0 spiro atoms. The predicted octanol–water partition coefficient (Wildman–Crippen LogP) is 2.39. The molecule has 1 aromatic heterocycles. The van der Waals surface area contributed by atoms with E-state index in [1.165, 1.54) is 0 Å². The van der Waals surface area contributed by atoms with Crippen LogP contribution in [0.15, 0.2) is 0 Å². The van der Waals surface area contributed by atoms with Gasteiger partial charge in [0.2, 0.25) is 0 Å². The van der Waals surface area contributed by atoms with Gasteiger partial charge in [0.25, 0.3) is 0 Å². The van der Waals surface area contributed by atoms with Gasteiger partial charge in [0.05, 0.1) is 9.26 Å². The fraction of sp³-hybridized carbons (Fsp3) is 0.600. The SMILES string of the molecule is CCc1nc(C(C)OC)nc(NC)c1I. The maximum atomic E-state index is 5.22. The molecule has 1 unspecified atom stereocenters. The van der Waals surface area contributed by atoms with Crippen LogP contribution in [-0.4, -0.2) is 24.1 Å². The van der Waals surface area contributed by atoms with Crippen LogP contribution < -0.4 is 5.32 Å². The third-order valence-corrected chi connectivity index (χ3v) is 3.36. The number of aryl methyl sites for hydroxylation is 1. The third kappa shape index (κ3) is 2.78. The number of nitrogens with zero attached hydrogens (tertiary/aromatic N) is 2. The number of aromatic nitrogens is 2. The first-order valence-electron chi connectivity index (χ1n) is 4.90. The lowest BCUT2D eigenvalue weighted by Crippen LogP contribution is -2.10. The summed E-state index contributed by atoms with van der Waals surface area (Å²) in [6.07, 6.45) is 0.832. The van der Waals surface area contributed by atoms with Gasteiger partial charge >= 0.3 is 0 Å². The largest absolute Gasteiger partial charge is 0.374 e. The molecule has 1 N–H and O–H groups in total. The summed E-state index contributed by atoms with van der Waals surface area (Å²) >= 11 is 2.26. The Bertz CT molecular complexity index is 318. The quantitative estimate of drug-likeness (QED) is 0.865. The molecule has 1 aromatic rings. The Morgan fingerprint density at radius 1 is 1.47 bits per heavy atom. The van der Waals surface area contributed by atoms with Crippen LogP contribution in [0.1, 0.15) is 31.5 Å². The van der Waals surface area contributed by atoms with Gasteiger partial charge in [0.1, 0.15) is 11.9 Å². The van der Waals surface area contributed by atoms with E-state index in [1.807, 2.05) is 14.0 Å². The molecule has 0 aliphatic carbocycles. The zero-order valence-electron chi connectivity index (χ0n) is 9.47. The molecule has 1 heterocycles. The van der Waals surface area contributed by atoms with E-state index in [-0.39, 0.29) is 6.10 Å². The Labute approximate surface area is 104 Å². The number of halogens is 1. The van der Waals surface area contributed by atoms with Crippen LogP contribution in [0.25, 0.3) is 0 Å². The lowest BCUT2D eigenvalue weighted by Gasteiger charge is -2.13. The Hall–Kier alpha value is -0.430. The monoisotopic (exact) mass is 321 g/mol. The van der Waals surface area contributed by atoms with Crippen LogP contribution in [0.5, 0.6) is 0 Å². The second-order valence-electron chi connectivity index (χ2n) is 3.17. The first-order valence-corrected chi connectivity index (χ1v) is 5.98. The number of anilines is 1. The average molecular weight is 321 g/mol. The number of hydrogen-bond donors (Lipinski definition) is 1. The van der Waals surface area contributed by atoms with Gasteiger partial charge in [-0.05, 0) is 35.9 Å². The van der Waals surface area contributed by atoms with Gasteiger partial charge in [0.15, 0.2) is 5.82 Å². The van der Waals surface area contributed by atoms with Crippen molar-refractivity contribution in [3.05, 3.63) is 15.1 Å². The van der Waals surface area contributed by atoms with E-state index in [0.717, 1.165) is 27.3 Å². The number of hydrogen-bond acceptors (Lipinski definition) is 4. The molecule has 15 heavy (non-hydrogen) atoms. The van der Waals surface area contributed by atoms with Crippen LogP contribution in [0.3, 0.4) is 0 Å². The zero-order valence-corrected chi connectivity index (χ0v) is 11.6. The summed E-state index contributed by atoms with van der Waals surface area (Å²) in [5.74, 6) is 1.61. The number of ether oxygens (including phenoxy) is 1. The molecule has 0 fully saturated rings. The molecular weight excluding hydrogens is 305 g/mol. The minimum atomic E-state index is -0.0700. The molecule has 0 aliphatic heterocycles. The highest BCUT2D eigenvalue weighted by molar-refractivity contribution is 14.1. The maximum absolute atomic E-state index is 5.22. The number of methoxy groups -OCH3 is 1. The van der Waals surface area contributed by atoms with Crippen molar-refractivity contribution in [1.29, 1.82) is 0 Å². The lowest BCUT2D eigenvalue weighted by atomic mass is 10.3. The molecule has 0 radical (unpaired) electrons. The molecule has 0 saturated heterocycles. The second kappa shape index (κ2) is 5.60. The lowest BCUT2D eigenvalue weighted by molar-refractivity contribution is 0.112. The van der Waals surface area contributed by atoms with Crippen LogP contribution in [0.4, 0.5) is 5.82 Å². The zero-order chi connectivity index (χ0) is 11.4. The van der Waals surface area contributed by atoms with E-state index < -0.39 is 0 Å². The van der Waals surface area contributed by atoms with Crippen molar-refractivity contribution in [3.63, 3.8) is 0 Å². The summed E-state index contributed by atoms with van der Waals surface area (Å²) in [4.78, 5) is 8.90. The first kappa shape index (κ1) is 12.6. The summed E-state index contributed by atoms with van der Waals surface area (Å²) in [6, 6.07) is 0. The van der Waals surface area contributed by atoms with Gasteiger partial charge < -0.3 is 10.1 Å². The van der Waals surface area contributed by atoms with E-state index in [0.29, 0.717) is 0 Å². The fourth-order valence-electron chi connectivity index (χ4n) is 1.20. The summed E-state index contributed by atoms with van der Waals surface area (Å²) < 4.78 is 6.31. The molecule has 1 atom stereocenters. The predicted molar refractivity (Wildman–Crippen MR) is 69.1 cm³/mol.